The molecule has 2 heterocycles. The molecule has 1 aliphatic rings. The maximum atomic E-state index is 13.1. The zero-order valence-electron chi connectivity index (χ0n) is 17.5. The van der Waals surface area contributed by atoms with Gasteiger partial charge in [-0.25, -0.2) is 0 Å². The summed E-state index contributed by atoms with van der Waals surface area (Å²) in [6.07, 6.45) is 4.16. The second kappa shape index (κ2) is 8.15. The maximum absolute atomic E-state index is 13.1. The molecule has 3 aromatic carbocycles. The van der Waals surface area contributed by atoms with Gasteiger partial charge < -0.3 is 14.2 Å². The van der Waals surface area contributed by atoms with Crippen molar-refractivity contribution in [2.45, 2.75) is 13.5 Å². The first-order valence-corrected chi connectivity index (χ1v) is 10.6. The van der Waals surface area contributed by atoms with Gasteiger partial charge in [0.15, 0.2) is 0 Å². The van der Waals surface area contributed by atoms with Gasteiger partial charge >= 0.3 is 0 Å². The molecule has 0 atom stereocenters. The van der Waals surface area contributed by atoms with E-state index in [1.807, 2.05) is 84.6 Å². The lowest BCUT2D eigenvalue weighted by molar-refractivity contribution is -0.112. The molecule has 0 fully saturated rings. The molecule has 1 amide bonds. The molecule has 4 heteroatoms. The first kappa shape index (κ1) is 19.2. The number of rotatable bonds is 6. The Morgan fingerprint density at radius 3 is 2.48 bits per heavy atom. The van der Waals surface area contributed by atoms with E-state index in [4.69, 9.17) is 4.74 Å². The molecule has 0 unspecified atom stereocenters. The first-order chi connectivity index (χ1) is 15.3. The zero-order valence-corrected chi connectivity index (χ0v) is 17.5. The largest absolute Gasteiger partial charge is 0.492 e. The van der Waals surface area contributed by atoms with E-state index in [1.54, 1.807) is 0 Å². The predicted molar refractivity (Wildman–Crippen MR) is 126 cm³/mol. The Labute approximate surface area is 182 Å². The van der Waals surface area contributed by atoms with Gasteiger partial charge in [-0.1, -0.05) is 54.6 Å². The number of benzene rings is 3. The van der Waals surface area contributed by atoms with Crippen molar-refractivity contribution in [1.29, 1.82) is 0 Å². The molecule has 0 bridgehead atoms. The fourth-order valence-electron chi connectivity index (χ4n) is 4.27. The van der Waals surface area contributed by atoms with Crippen molar-refractivity contribution < 1.29 is 9.53 Å². The summed E-state index contributed by atoms with van der Waals surface area (Å²) >= 11 is 0. The average Bonchev–Trinajstić information content (AvgIpc) is 3.30. The maximum Gasteiger partial charge on any atom is 0.258 e. The Kier molecular flexibility index (Phi) is 5.04. The average molecular weight is 409 g/mol. The summed E-state index contributed by atoms with van der Waals surface area (Å²) in [5.74, 6) is 0.932. The number of hydrogen-bond acceptors (Lipinski definition) is 2. The normalized spacial score (nSPS) is 14.4. The zero-order chi connectivity index (χ0) is 21.2. The second-order valence-corrected chi connectivity index (χ2v) is 7.58. The van der Waals surface area contributed by atoms with Crippen molar-refractivity contribution in [3.63, 3.8) is 0 Å². The number of fused-ring (bicyclic) bond motifs is 2. The molecule has 5 rings (SSSR count). The quantitative estimate of drug-likeness (QED) is 0.388. The van der Waals surface area contributed by atoms with Crippen molar-refractivity contribution in [1.82, 2.24) is 4.57 Å². The summed E-state index contributed by atoms with van der Waals surface area (Å²) in [4.78, 5) is 14.9. The lowest BCUT2D eigenvalue weighted by Crippen LogP contribution is -2.25. The summed E-state index contributed by atoms with van der Waals surface area (Å²) in [6, 6.07) is 26.2. The summed E-state index contributed by atoms with van der Waals surface area (Å²) < 4.78 is 8.10. The molecular formula is C27H24N2O2. The van der Waals surface area contributed by atoms with Crippen LogP contribution >= 0.6 is 0 Å². The molecule has 0 spiro atoms. The standard InChI is InChI=1S/C27H24N2O2/c1-2-29-26-15-9-7-13-23(26)24(27(29)30)18-20-19-28(25-14-8-6-12-22(20)25)16-17-31-21-10-4-3-5-11-21/h3-15,18-19H,2,16-17H2,1H3/b24-18-. The van der Waals surface area contributed by atoms with Crippen LogP contribution in [-0.4, -0.2) is 23.6 Å². The molecular weight excluding hydrogens is 384 g/mol. The Morgan fingerprint density at radius 2 is 1.65 bits per heavy atom. The Hall–Kier alpha value is -3.79. The Balaban J connectivity index is 1.49. The van der Waals surface area contributed by atoms with E-state index in [9.17, 15) is 4.79 Å². The van der Waals surface area contributed by atoms with Crippen LogP contribution in [0, 0.1) is 0 Å². The van der Waals surface area contributed by atoms with Gasteiger partial charge in [0.1, 0.15) is 12.4 Å². The minimum atomic E-state index is 0.0629. The SMILES string of the molecule is CCN1C(=O)/C(=C\c2cn(CCOc3ccccc3)c3ccccc23)c2ccccc21. The van der Waals surface area contributed by atoms with E-state index in [0.29, 0.717) is 13.2 Å². The summed E-state index contributed by atoms with van der Waals surface area (Å²) in [5.41, 5.74) is 4.92. The van der Waals surface area contributed by atoms with E-state index in [-0.39, 0.29) is 5.91 Å². The second-order valence-electron chi connectivity index (χ2n) is 7.58. The molecule has 0 aliphatic carbocycles. The fraction of sp³-hybridized carbons (Fsp3) is 0.148. The molecule has 31 heavy (non-hydrogen) atoms. The van der Waals surface area contributed by atoms with Crippen molar-refractivity contribution in [2.24, 2.45) is 0 Å². The van der Waals surface area contributed by atoms with Gasteiger partial charge in [-0.05, 0) is 37.3 Å². The van der Waals surface area contributed by atoms with Crippen molar-refractivity contribution in [3.05, 3.63) is 96.2 Å². The van der Waals surface area contributed by atoms with Crippen LogP contribution in [0.1, 0.15) is 18.1 Å². The number of anilines is 1. The molecule has 0 radical (unpaired) electrons. The molecule has 0 saturated heterocycles. The van der Waals surface area contributed by atoms with E-state index in [0.717, 1.165) is 45.6 Å². The van der Waals surface area contributed by atoms with Crippen LogP contribution in [-0.2, 0) is 11.3 Å². The lowest BCUT2D eigenvalue weighted by Gasteiger charge is -2.13. The van der Waals surface area contributed by atoms with Crippen LogP contribution in [0.4, 0.5) is 5.69 Å². The number of likely N-dealkylation sites (N-methyl/N-ethyl adjacent to an activating group) is 1. The third-order valence-corrected chi connectivity index (χ3v) is 5.74. The monoisotopic (exact) mass is 408 g/mol. The minimum Gasteiger partial charge on any atom is -0.492 e. The fourth-order valence-corrected chi connectivity index (χ4v) is 4.27. The number of hydrogen-bond donors (Lipinski definition) is 0. The number of carbonyl (C=O) groups is 1. The van der Waals surface area contributed by atoms with Gasteiger partial charge in [0.05, 0.1) is 12.2 Å². The van der Waals surface area contributed by atoms with Crippen LogP contribution in [0.2, 0.25) is 0 Å². The third kappa shape index (κ3) is 3.50. The topological polar surface area (TPSA) is 34.5 Å². The van der Waals surface area contributed by atoms with Gasteiger partial charge in [0.25, 0.3) is 5.91 Å². The lowest BCUT2D eigenvalue weighted by atomic mass is 10.0. The number of ether oxygens (including phenoxy) is 1. The summed E-state index contributed by atoms with van der Waals surface area (Å²) in [6.45, 7) is 3.97. The Morgan fingerprint density at radius 1 is 0.903 bits per heavy atom. The highest BCUT2D eigenvalue weighted by Crippen LogP contribution is 2.38. The molecule has 1 aliphatic heterocycles. The van der Waals surface area contributed by atoms with Gasteiger partial charge in [-0.3, -0.25) is 4.79 Å². The van der Waals surface area contributed by atoms with E-state index in [2.05, 4.69) is 22.9 Å². The molecule has 154 valence electrons. The third-order valence-electron chi connectivity index (χ3n) is 5.74. The van der Waals surface area contributed by atoms with Gasteiger partial charge in [-0.2, -0.15) is 0 Å². The van der Waals surface area contributed by atoms with E-state index >= 15 is 0 Å². The van der Waals surface area contributed by atoms with Crippen LogP contribution < -0.4 is 9.64 Å². The number of para-hydroxylation sites is 3. The van der Waals surface area contributed by atoms with Gasteiger partial charge in [0.2, 0.25) is 0 Å². The van der Waals surface area contributed by atoms with Gasteiger partial charge in [0, 0.05) is 40.3 Å². The highest BCUT2D eigenvalue weighted by Gasteiger charge is 2.31. The highest BCUT2D eigenvalue weighted by atomic mass is 16.5. The number of amides is 1. The molecule has 1 aromatic heterocycles. The number of nitrogens with zero attached hydrogens (tertiary/aromatic N) is 2. The predicted octanol–water partition coefficient (Wildman–Crippen LogP) is 5.63. The van der Waals surface area contributed by atoms with Crippen LogP contribution in [0.3, 0.4) is 0 Å². The molecule has 4 aromatic rings. The van der Waals surface area contributed by atoms with E-state index in [1.165, 1.54) is 0 Å². The van der Waals surface area contributed by atoms with Gasteiger partial charge in [-0.15, -0.1) is 0 Å². The van der Waals surface area contributed by atoms with Crippen molar-refractivity contribution in [3.8, 4) is 5.75 Å². The molecule has 0 N–H and O–H groups in total. The number of aromatic nitrogens is 1. The smallest absolute Gasteiger partial charge is 0.258 e. The van der Waals surface area contributed by atoms with Crippen molar-refractivity contribution in [2.75, 3.05) is 18.1 Å². The molecule has 4 nitrogen and oxygen atoms in total. The Bertz CT molecular complexity index is 1270. The first-order valence-electron chi connectivity index (χ1n) is 10.6. The number of carbonyl (C=O) groups excluding carboxylic acids is 1. The summed E-state index contributed by atoms with van der Waals surface area (Å²) in [5, 5.41) is 1.13. The van der Waals surface area contributed by atoms with Crippen LogP contribution in [0.15, 0.2) is 85.1 Å². The highest BCUT2D eigenvalue weighted by molar-refractivity contribution is 6.36. The minimum absolute atomic E-state index is 0.0629. The van der Waals surface area contributed by atoms with Crippen LogP contribution in [0.5, 0.6) is 5.75 Å². The van der Waals surface area contributed by atoms with E-state index < -0.39 is 0 Å². The molecule has 0 saturated carbocycles. The van der Waals surface area contributed by atoms with Crippen molar-refractivity contribution >= 4 is 34.1 Å². The van der Waals surface area contributed by atoms with Crippen LogP contribution in [0.25, 0.3) is 22.6 Å². The summed E-state index contributed by atoms with van der Waals surface area (Å²) in [7, 11) is 0.